The standard InChI is InChI=1S/C14H10FN2/c1-10-2-7-14-11(8-10)9-16-17(14)13-5-3-12(15)4-6-13/h2-9H,1H2. The van der Waals surface area contributed by atoms with Gasteiger partial charge in [-0.25, -0.2) is 9.07 Å². The molecule has 0 N–H and O–H groups in total. The van der Waals surface area contributed by atoms with Gasteiger partial charge in [-0.1, -0.05) is 6.07 Å². The van der Waals surface area contributed by atoms with Crippen molar-refractivity contribution in [2.24, 2.45) is 0 Å². The number of hydrogen-bond donors (Lipinski definition) is 0. The second-order valence-electron chi connectivity index (χ2n) is 3.93. The van der Waals surface area contributed by atoms with E-state index in [0.29, 0.717) is 0 Å². The largest absolute Gasteiger partial charge is 0.233 e. The number of aromatic nitrogens is 2. The summed E-state index contributed by atoms with van der Waals surface area (Å²) in [6.07, 6.45) is 1.79. The fourth-order valence-corrected chi connectivity index (χ4v) is 1.87. The van der Waals surface area contributed by atoms with Crippen LogP contribution in [0.4, 0.5) is 4.39 Å². The number of fused-ring (bicyclic) bond motifs is 1. The normalized spacial score (nSPS) is 10.9. The molecule has 0 unspecified atom stereocenters. The SMILES string of the molecule is [CH2]c1ccc2c(cnn2-c2ccc(F)cc2)c1. The molecule has 3 aromatic rings. The van der Waals surface area contributed by atoms with Crippen LogP contribution >= 0.6 is 0 Å². The van der Waals surface area contributed by atoms with Gasteiger partial charge in [-0.2, -0.15) is 5.10 Å². The van der Waals surface area contributed by atoms with E-state index in [9.17, 15) is 4.39 Å². The second-order valence-corrected chi connectivity index (χ2v) is 3.93. The quantitative estimate of drug-likeness (QED) is 0.621. The Hall–Kier alpha value is -2.16. The molecule has 1 heterocycles. The van der Waals surface area contributed by atoms with Crippen molar-refractivity contribution in [3.05, 3.63) is 67.0 Å². The molecule has 0 fully saturated rings. The molecule has 2 aromatic carbocycles. The summed E-state index contributed by atoms with van der Waals surface area (Å²) in [6.45, 7) is 3.88. The summed E-state index contributed by atoms with van der Waals surface area (Å²) in [7, 11) is 0. The van der Waals surface area contributed by atoms with Gasteiger partial charge in [-0.3, -0.25) is 0 Å². The zero-order chi connectivity index (χ0) is 11.8. The zero-order valence-electron chi connectivity index (χ0n) is 9.10. The molecule has 0 bridgehead atoms. The maximum atomic E-state index is 12.9. The second kappa shape index (κ2) is 3.70. The summed E-state index contributed by atoms with van der Waals surface area (Å²) >= 11 is 0. The maximum Gasteiger partial charge on any atom is 0.123 e. The van der Waals surface area contributed by atoms with Crippen molar-refractivity contribution < 1.29 is 4.39 Å². The van der Waals surface area contributed by atoms with E-state index in [4.69, 9.17) is 0 Å². The van der Waals surface area contributed by atoms with Crippen LogP contribution in [0.2, 0.25) is 0 Å². The Morgan fingerprint density at radius 1 is 1.06 bits per heavy atom. The third-order valence-electron chi connectivity index (χ3n) is 2.70. The van der Waals surface area contributed by atoms with Crippen LogP contribution in [-0.2, 0) is 0 Å². The first kappa shape index (κ1) is 10.0. The lowest BCUT2D eigenvalue weighted by Crippen LogP contribution is -1.95. The van der Waals surface area contributed by atoms with E-state index in [1.165, 1.54) is 12.1 Å². The highest BCUT2D eigenvalue weighted by Crippen LogP contribution is 2.19. The summed E-state index contributed by atoms with van der Waals surface area (Å²) in [5.74, 6) is -0.245. The summed E-state index contributed by atoms with van der Waals surface area (Å²) in [6, 6.07) is 12.2. The van der Waals surface area contributed by atoms with E-state index in [1.54, 1.807) is 23.0 Å². The van der Waals surface area contributed by atoms with Crippen molar-refractivity contribution in [3.8, 4) is 5.69 Å². The van der Waals surface area contributed by atoms with Crippen molar-refractivity contribution in [2.45, 2.75) is 0 Å². The topological polar surface area (TPSA) is 17.8 Å². The van der Waals surface area contributed by atoms with Gasteiger partial charge in [0.2, 0.25) is 0 Å². The Morgan fingerprint density at radius 3 is 2.59 bits per heavy atom. The first-order chi connectivity index (χ1) is 8.24. The van der Waals surface area contributed by atoms with Crippen LogP contribution in [0, 0.1) is 12.7 Å². The molecule has 1 aromatic heterocycles. The van der Waals surface area contributed by atoms with Crippen LogP contribution in [0.1, 0.15) is 5.56 Å². The number of halogens is 1. The molecule has 0 saturated carbocycles. The van der Waals surface area contributed by atoms with E-state index in [2.05, 4.69) is 12.0 Å². The smallest absolute Gasteiger partial charge is 0.123 e. The number of hydrogen-bond acceptors (Lipinski definition) is 1. The predicted octanol–water partition coefficient (Wildman–Crippen LogP) is 3.35. The Labute approximate surface area is 98.3 Å². The van der Waals surface area contributed by atoms with Gasteiger partial charge in [0.05, 0.1) is 17.4 Å². The maximum absolute atomic E-state index is 12.9. The van der Waals surface area contributed by atoms with Crippen molar-refractivity contribution >= 4 is 10.9 Å². The predicted molar refractivity (Wildman–Crippen MR) is 65.5 cm³/mol. The van der Waals surface area contributed by atoms with Crippen molar-refractivity contribution in [1.29, 1.82) is 0 Å². The van der Waals surface area contributed by atoms with Gasteiger partial charge in [-0.15, -0.1) is 0 Å². The van der Waals surface area contributed by atoms with E-state index in [1.807, 2.05) is 18.2 Å². The minimum absolute atomic E-state index is 0.245. The number of nitrogens with zero attached hydrogens (tertiary/aromatic N) is 2. The minimum Gasteiger partial charge on any atom is -0.233 e. The molecule has 0 saturated heterocycles. The van der Waals surface area contributed by atoms with Crippen LogP contribution in [0.15, 0.2) is 48.7 Å². The lowest BCUT2D eigenvalue weighted by atomic mass is 10.2. The van der Waals surface area contributed by atoms with Crippen LogP contribution in [0.3, 0.4) is 0 Å². The average molecular weight is 225 g/mol. The molecule has 3 heteroatoms. The molecule has 3 rings (SSSR count). The Kier molecular flexibility index (Phi) is 2.18. The van der Waals surface area contributed by atoms with Gasteiger partial charge in [-0.05, 0) is 48.9 Å². The highest BCUT2D eigenvalue weighted by molar-refractivity contribution is 5.81. The molecule has 0 atom stereocenters. The van der Waals surface area contributed by atoms with Crippen molar-refractivity contribution in [2.75, 3.05) is 0 Å². The van der Waals surface area contributed by atoms with Crippen LogP contribution in [0.25, 0.3) is 16.6 Å². The molecule has 0 spiro atoms. The average Bonchev–Trinajstić information content (AvgIpc) is 2.73. The van der Waals surface area contributed by atoms with Gasteiger partial charge in [0.25, 0.3) is 0 Å². The van der Waals surface area contributed by atoms with Crippen LogP contribution < -0.4 is 0 Å². The highest BCUT2D eigenvalue weighted by Gasteiger charge is 2.04. The zero-order valence-corrected chi connectivity index (χ0v) is 9.10. The Balaban J connectivity index is 2.21. The molecule has 83 valence electrons. The van der Waals surface area contributed by atoms with Gasteiger partial charge in [0, 0.05) is 5.39 Å². The third kappa shape index (κ3) is 1.69. The summed E-state index contributed by atoms with van der Waals surface area (Å²) in [5.41, 5.74) is 2.79. The minimum atomic E-state index is -0.245. The molecular weight excluding hydrogens is 215 g/mol. The summed E-state index contributed by atoms with van der Waals surface area (Å²) in [4.78, 5) is 0. The number of benzene rings is 2. The molecule has 0 aliphatic carbocycles. The van der Waals surface area contributed by atoms with Gasteiger partial charge in [0.1, 0.15) is 5.82 Å². The first-order valence-electron chi connectivity index (χ1n) is 5.30. The van der Waals surface area contributed by atoms with Gasteiger partial charge >= 0.3 is 0 Å². The molecule has 1 radical (unpaired) electrons. The fourth-order valence-electron chi connectivity index (χ4n) is 1.87. The molecule has 0 aliphatic heterocycles. The Bertz CT molecular complexity index is 668. The van der Waals surface area contributed by atoms with Crippen LogP contribution in [-0.4, -0.2) is 9.78 Å². The molecule has 0 aliphatic rings. The van der Waals surface area contributed by atoms with Crippen molar-refractivity contribution in [3.63, 3.8) is 0 Å². The first-order valence-corrected chi connectivity index (χ1v) is 5.30. The van der Waals surface area contributed by atoms with Crippen LogP contribution in [0.5, 0.6) is 0 Å². The third-order valence-corrected chi connectivity index (χ3v) is 2.70. The Morgan fingerprint density at radius 2 is 1.82 bits per heavy atom. The van der Waals surface area contributed by atoms with Crippen molar-refractivity contribution in [1.82, 2.24) is 9.78 Å². The molecule has 2 nitrogen and oxygen atoms in total. The van der Waals surface area contributed by atoms with E-state index >= 15 is 0 Å². The highest BCUT2D eigenvalue weighted by atomic mass is 19.1. The van der Waals surface area contributed by atoms with E-state index in [0.717, 1.165) is 22.2 Å². The number of rotatable bonds is 1. The van der Waals surface area contributed by atoms with Gasteiger partial charge < -0.3 is 0 Å². The van der Waals surface area contributed by atoms with Gasteiger partial charge in [0.15, 0.2) is 0 Å². The summed E-state index contributed by atoms with van der Waals surface area (Å²) < 4.78 is 14.6. The van der Waals surface area contributed by atoms with E-state index < -0.39 is 0 Å². The lowest BCUT2D eigenvalue weighted by Gasteiger charge is -2.03. The molecular formula is C14H10FN2. The summed E-state index contributed by atoms with van der Waals surface area (Å²) in [5, 5.41) is 5.33. The monoisotopic (exact) mass is 225 g/mol. The molecule has 0 amide bonds. The molecule has 17 heavy (non-hydrogen) atoms. The lowest BCUT2D eigenvalue weighted by molar-refractivity contribution is 0.627. The fraction of sp³-hybridized carbons (Fsp3) is 0. The van der Waals surface area contributed by atoms with E-state index in [-0.39, 0.29) is 5.82 Å².